The predicted molar refractivity (Wildman–Crippen MR) is 123 cm³/mol. The molecule has 0 unspecified atom stereocenters. The number of carbonyl (C=O) groups excluding carboxylic acids is 2. The lowest BCUT2D eigenvalue weighted by molar-refractivity contribution is -0.129. The molecule has 0 radical (unpaired) electrons. The predicted octanol–water partition coefficient (Wildman–Crippen LogP) is 5.24. The number of amides is 2. The second kappa shape index (κ2) is 12.2. The number of ether oxygens (including phenoxy) is 2. The molecule has 0 aliphatic carbocycles. The van der Waals surface area contributed by atoms with Crippen molar-refractivity contribution in [2.45, 2.75) is 77.2 Å². The molecule has 1 aromatic carbocycles. The maximum absolute atomic E-state index is 14.2. The number of hydrogen-bond donors (Lipinski definition) is 1. The van der Waals surface area contributed by atoms with Crippen molar-refractivity contribution in [1.29, 1.82) is 0 Å². The summed E-state index contributed by atoms with van der Waals surface area (Å²) in [5.74, 6) is -0.985. The van der Waals surface area contributed by atoms with E-state index in [9.17, 15) is 14.0 Å². The quantitative estimate of drug-likeness (QED) is 0.377. The van der Waals surface area contributed by atoms with Crippen LogP contribution in [0.3, 0.4) is 0 Å². The molecule has 32 heavy (non-hydrogen) atoms. The van der Waals surface area contributed by atoms with E-state index in [1.165, 1.54) is 11.0 Å². The van der Waals surface area contributed by atoms with Crippen molar-refractivity contribution in [1.82, 2.24) is 10.2 Å². The van der Waals surface area contributed by atoms with Crippen LogP contribution < -0.4 is 5.32 Å². The van der Waals surface area contributed by atoms with Crippen LogP contribution >= 0.6 is 11.6 Å². The normalized spacial score (nSPS) is 18.5. The van der Waals surface area contributed by atoms with Gasteiger partial charge in [0, 0.05) is 25.3 Å². The van der Waals surface area contributed by atoms with Crippen LogP contribution in [0.4, 0.5) is 9.18 Å². The second-order valence-electron chi connectivity index (χ2n) is 8.89. The third kappa shape index (κ3) is 7.78. The van der Waals surface area contributed by atoms with E-state index in [1.54, 1.807) is 32.9 Å². The standard InChI is InChI=1S/C24H34ClFN2O4/c1-5-6-7-8-9-15-31-19-13-14-28(23(30)32-24(2,3)4)21(19)22(29)27-16-17-11-10-12-18(25)20(17)26/h5,10-12,19,21H,1,6-9,13-16H2,2-4H3,(H,27,29)/t19-,21+/m1/s1. The van der Waals surface area contributed by atoms with Crippen molar-refractivity contribution in [2.24, 2.45) is 0 Å². The van der Waals surface area contributed by atoms with Gasteiger partial charge in [0.1, 0.15) is 17.5 Å². The summed E-state index contributed by atoms with van der Waals surface area (Å²) in [6.07, 6.45) is 5.25. The Morgan fingerprint density at radius 2 is 2.06 bits per heavy atom. The highest BCUT2D eigenvalue weighted by Gasteiger charge is 2.44. The average molecular weight is 469 g/mol. The largest absolute Gasteiger partial charge is 0.444 e. The molecule has 1 fully saturated rings. The first-order valence-electron chi connectivity index (χ1n) is 11.1. The van der Waals surface area contributed by atoms with Gasteiger partial charge in [-0.3, -0.25) is 9.69 Å². The van der Waals surface area contributed by atoms with E-state index in [2.05, 4.69) is 11.9 Å². The van der Waals surface area contributed by atoms with Gasteiger partial charge in [-0.15, -0.1) is 6.58 Å². The van der Waals surface area contributed by atoms with Gasteiger partial charge in [-0.1, -0.05) is 36.2 Å². The molecular weight excluding hydrogens is 435 g/mol. The molecule has 6 nitrogen and oxygen atoms in total. The number of nitrogens with one attached hydrogen (secondary N) is 1. The Morgan fingerprint density at radius 3 is 2.75 bits per heavy atom. The number of carbonyl (C=O) groups is 2. The Morgan fingerprint density at radius 1 is 1.31 bits per heavy atom. The maximum Gasteiger partial charge on any atom is 0.411 e. The van der Waals surface area contributed by atoms with Gasteiger partial charge in [0.15, 0.2) is 0 Å². The fourth-order valence-corrected chi connectivity index (χ4v) is 3.74. The van der Waals surface area contributed by atoms with Crippen LogP contribution in [0.1, 0.15) is 58.4 Å². The molecule has 1 aliphatic heterocycles. The molecule has 0 saturated carbocycles. The molecule has 2 rings (SSSR count). The molecule has 1 aliphatic rings. The van der Waals surface area contributed by atoms with Crippen molar-refractivity contribution < 1.29 is 23.5 Å². The van der Waals surface area contributed by atoms with Gasteiger partial charge in [-0.25, -0.2) is 9.18 Å². The lowest BCUT2D eigenvalue weighted by Crippen LogP contribution is -2.51. The molecule has 1 N–H and O–H groups in total. The summed E-state index contributed by atoms with van der Waals surface area (Å²) in [5.41, 5.74) is -0.418. The van der Waals surface area contributed by atoms with Gasteiger partial charge in [0.2, 0.25) is 5.91 Å². The summed E-state index contributed by atoms with van der Waals surface area (Å²) in [6.45, 7) is 9.83. The number of allylic oxidation sites excluding steroid dienone is 1. The highest BCUT2D eigenvalue weighted by molar-refractivity contribution is 6.30. The number of unbranched alkanes of at least 4 members (excludes halogenated alkanes) is 3. The minimum atomic E-state index is -0.847. The van der Waals surface area contributed by atoms with E-state index in [0.717, 1.165) is 25.7 Å². The van der Waals surface area contributed by atoms with Crippen LogP contribution in [0.2, 0.25) is 5.02 Å². The van der Waals surface area contributed by atoms with E-state index in [1.807, 2.05) is 6.08 Å². The Balaban J connectivity index is 2.05. The van der Waals surface area contributed by atoms with Crippen LogP contribution in [-0.4, -0.2) is 47.8 Å². The van der Waals surface area contributed by atoms with Crippen molar-refractivity contribution in [2.75, 3.05) is 13.2 Å². The van der Waals surface area contributed by atoms with Crippen molar-refractivity contribution in [3.63, 3.8) is 0 Å². The highest BCUT2D eigenvalue weighted by Crippen LogP contribution is 2.25. The van der Waals surface area contributed by atoms with Crippen molar-refractivity contribution in [3.05, 3.63) is 47.3 Å². The molecule has 0 aromatic heterocycles. The SMILES string of the molecule is C=CCCCCCO[C@@H]1CCN(C(=O)OC(C)(C)C)[C@@H]1C(=O)NCc1cccc(Cl)c1F. The first-order valence-corrected chi connectivity index (χ1v) is 11.4. The lowest BCUT2D eigenvalue weighted by Gasteiger charge is -2.30. The van der Waals surface area contributed by atoms with E-state index >= 15 is 0 Å². The average Bonchev–Trinajstić information content (AvgIpc) is 3.14. The van der Waals surface area contributed by atoms with Crippen molar-refractivity contribution in [3.8, 4) is 0 Å². The maximum atomic E-state index is 14.2. The van der Waals surface area contributed by atoms with Crippen LogP contribution in [0.15, 0.2) is 30.9 Å². The van der Waals surface area contributed by atoms with Gasteiger partial charge >= 0.3 is 6.09 Å². The number of likely N-dealkylation sites (tertiary alicyclic amines) is 1. The molecule has 2 atom stereocenters. The third-order valence-electron chi connectivity index (χ3n) is 5.11. The molecule has 178 valence electrons. The number of halogens is 2. The number of hydrogen-bond acceptors (Lipinski definition) is 4. The zero-order chi connectivity index (χ0) is 23.7. The van der Waals surface area contributed by atoms with Crippen LogP contribution in [0.5, 0.6) is 0 Å². The Kier molecular flexibility index (Phi) is 9.97. The molecule has 1 aromatic rings. The van der Waals surface area contributed by atoms with Gasteiger partial charge in [0.25, 0.3) is 0 Å². The molecule has 1 heterocycles. The van der Waals surface area contributed by atoms with E-state index < -0.39 is 35.6 Å². The van der Waals surface area contributed by atoms with Crippen molar-refractivity contribution >= 4 is 23.6 Å². The first kappa shape index (κ1) is 26.1. The van der Waals surface area contributed by atoms with Gasteiger partial charge in [-0.2, -0.15) is 0 Å². The fraction of sp³-hybridized carbons (Fsp3) is 0.583. The molecule has 2 amide bonds. The van der Waals surface area contributed by atoms with E-state index in [4.69, 9.17) is 21.1 Å². The molecule has 0 bridgehead atoms. The zero-order valence-corrected chi connectivity index (χ0v) is 19.9. The Bertz CT molecular complexity index is 797. The first-order chi connectivity index (χ1) is 15.1. The zero-order valence-electron chi connectivity index (χ0n) is 19.2. The topological polar surface area (TPSA) is 67.9 Å². The summed E-state index contributed by atoms with van der Waals surface area (Å²) in [7, 11) is 0. The Hall–Kier alpha value is -2.12. The summed E-state index contributed by atoms with van der Waals surface area (Å²) in [6, 6.07) is 3.77. The van der Waals surface area contributed by atoms with Gasteiger partial charge in [-0.05, 0) is 52.5 Å². The minimum absolute atomic E-state index is 0.00865. The number of rotatable bonds is 10. The van der Waals surface area contributed by atoms with E-state index in [0.29, 0.717) is 19.6 Å². The monoisotopic (exact) mass is 468 g/mol. The van der Waals surface area contributed by atoms with Gasteiger partial charge in [0.05, 0.1) is 11.1 Å². The molecular formula is C24H34ClFN2O4. The molecule has 1 saturated heterocycles. The number of nitrogens with zero attached hydrogens (tertiary/aromatic N) is 1. The minimum Gasteiger partial charge on any atom is -0.444 e. The van der Waals surface area contributed by atoms with Gasteiger partial charge < -0.3 is 14.8 Å². The highest BCUT2D eigenvalue weighted by atomic mass is 35.5. The summed E-state index contributed by atoms with van der Waals surface area (Å²) in [4.78, 5) is 27.2. The molecule has 0 spiro atoms. The number of benzene rings is 1. The summed E-state index contributed by atoms with van der Waals surface area (Å²) >= 11 is 5.83. The van der Waals surface area contributed by atoms with Crippen LogP contribution in [0.25, 0.3) is 0 Å². The molecule has 8 heteroatoms. The van der Waals surface area contributed by atoms with Crippen LogP contribution in [-0.2, 0) is 20.8 Å². The summed E-state index contributed by atoms with van der Waals surface area (Å²) in [5, 5.41) is 2.72. The van der Waals surface area contributed by atoms with E-state index in [-0.39, 0.29) is 17.1 Å². The summed E-state index contributed by atoms with van der Waals surface area (Å²) < 4.78 is 25.7. The van der Waals surface area contributed by atoms with Crippen LogP contribution in [0, 0.1) is 5.82 Å². The fourth-order valence-electron chi connectivity index (χ4n) is 3.55. The Labute approximate surface area is 195 Å². The lowest BCUT2D eigenvalue weighted by atomic mass is 10.1. The third-order valence-corrected chi connectivity index (χ3v) is 5.40. The smallest absolute Gasteiger partial charge is 0.411 e. The second-order valence-corrected chi connectivity index (χ2v) is 9.29.